The third-order valence-corrected chi connectivity index (χ3v) is 4.42. The molecule has 0 bridgehead atoms. The minimum absolute atomic E-state index is 0.0249. The fraction of sp³-hybridized carbons (Fsp3) is 0.455. The van der Waals surface area contributed by atoms with Crippen LogP contribution in [-0.2, 0) is 14.8 Å². The average molecular weight is 353 g/mol. The quantitative estimate of drug-likeness (QED) is 0.627. The van der Waals surface area contributed by atoms with Crippen LogP contribution in [0.2, 0.25) is 0 Å². The molecule has 1 atom stereocenters. The zero-order valence-electron chi connectivity index (χ0n) is 10.5. The van der Waals surface area contributed by atoms with Crippen LogP contribution in [0, 0.1) is 0 Å². The minimum atomic E-state index is -3.67. The van der Waals surface area contributed by atoms with Crippen LogP contribution in [0.3, 0.4) is 0 Å². The summed E-state index contributed by atoms with van der Waals surface area (Å²) in [6.45, 7) is 0.282. The lowest BCUT2D eigenvalue weighted by molar-refractivity contribution is 0.0603. The first-order valence-electron chi connectivity index (χ1n) is 5.58. The number of rotatable bonds is 7. The van der Waals surface area contributed by atoms with Crippen LogP contribution < -0.4 is 10.5 Å². The summed E-state index contributed by atoms with van der Waals surface area (Å²) < 4.78 is 31.8. The maximum absolute atomic E-state index is 12.0. The zero-order valence-corrected chi connectivity index (χ0v) is 12.9. The molecule has 0 saturated heterocycles. The first kappa shape index (κ1) is 16.4. The predicted octanol–water partition coefficient (Wildman–Crippen LogP) is 0.707. The van der Waals surface area contributed by atoms with Crippen molar-refractivity contribution in [2.75, 3.05) is 26.0 Å². The molecular weight excluding hydrogens is 336 g/mol. The summed E-state index contributed by atoms with van der Waals surface area (Å²) >= 11 is 3.21. The van der Waals surface area contributed by atoms with Gasteiger partial charge in [0.15, 0.2) is 0 Å². The van der Waals surface area contributed by atoms with Gasteiger partial charge in [-0.1, -0.05) is 15.9 Å². The lowest BCUT2D eigenvalue weighted by atomic mass is 10.3. The molecule has 4 N–H and O–H groups in total. The van der Waals surface area contributed by atoms with Crippen molar-refractivity contribution in [3.63, 3.8) is 0 Å². The molecule has 0 saturated carbocycles. The van der Waals surface area contributed by atoms with Gasteiger partial charge in [-0.3, -0.25) is 0 Å². The van der Waals surface area contributed by atoms with Crippen molar-refractivity contribution < 1.29 is 18.3 Å². The number of hydrogen-bond donors (Lipinski definition) is 3. The zero-order chi connectivity index (χ0) is 14.5. The molecule has 0 fully saturated rings. The predicted molar refractivity (Wildman–Crippen MR) is 76.2 cm³/mol. The Hall–Kier alpha value is -0.670. The summed E-state index contributed by atoms with van der Waals surface area (Å²) in [4.78, 5) is 0.0249. The molecule has 1 unspecified atom stereocenters. The molecule has 19 heavy (non-hydrogen) atoms. The highest BCUT2D eigenvalue weighted by atomic mass is 79.9. The largest absolute Gasteiger partial charge is 0.398 e. The van der Waals surface area contributed by atoms with E-state index in [2.05, 4.69) is 20.7 Å². The van der Waals surface area contributed by atoms with Crippen LogP contribution in [0.15, 0.2) is 27.6 Å². The van der Waals surface area contributed by atoms with Gasteiger partial charge in [0.2, 0.25) is 10.0 Å². The molecule has 108 valence electrons. The van der Waals surface area contributed by atoms with E-state index in [9.17, 15) is 13.5 Å². The summed E-state index contributed by atoms with van der Waals surface area (Å²) in [5.41, 5.74) is 5.83. The SMILES string of the molecule is COCC(O)CCNS(=O)(=O)c1ccc(Br)cc1N. The van der Waals surface area contributed by atoms with E-state index in [4.69, 9.17) is 10.5 Å². The summed E-state index contributed by atoms with van der Waals surface area (Å²) in [5, 5.41) is 9.42. The molecule has 0 heterocycles. The lowest BCUT2D eigenvalue weighted by Gasteiger charge is -2.12. The summed E-state index contributed by atoms with van der Waals surface area (Å²) in [6.07, 6.45) is -0.432. The van der Waals surface area contributed by atoms with Gasteiger partial charge in [0.05, 0.1) is 18.4 Å². The normalized spacial score (nSPS) is 13.4. The number of nitrogens with one attached hydrogen (secondary N) is 1. The summed E-state index contributed by atoms with van der Waals surface area (Å²) in [7, 11) is -2.20. The van der Waals surface area contributed by atoms with Gasteiger partial charge in [-0.05, 0) is 24.6 Å². The number of anilines is 1. The molecule has 1 rings (SSSR count). The Balaban J connectivity index is 2.66. The topological polar surface area (TPSA) is 102 Å². The van der Waals surface area contributed by atoms with Crippen LogP contribution in [0.1, 0.15) is 6.42 Å². The molecule has 1 aromatic rings. The van der Waals surface area contributed by atoms with Gasteiger partial charge >= 0.3 is 0 Å². The van der Waals surface area contributed by atoms with Crippen molar-refractivity contribution >= 4 is 31.6 Å². The fourth-order valence-corrected chi connectivity index (χ4v) is 3.01. The van der Waals surface area contributed by atoms with Gasteiger partial charge in [0.1, 0.15) is 4.90 Å². The van der Waals surface area contributed by atoms with Crippen molar-refractivity contribution in [1.82, 2.24) is 4.72 Å². The molecule has 0 amide bonds. The van der Waals surface area contributed by atoms with Crippen molar-refractivity contribution in [2.45, 2.75) is 17.4 Å². The Labute approximate surface area is 121 Å². The monoisotopic (exact) mass is 352 g/mol. The van der Waals surface area contributed by atoms with Gasteiger partial charge in [0, 0.05) is 18.1 Å². The first-order chi connectivity index (χ1) is 8.86. The van der Waals surface area contributed by atoms with Crippen molar-refractivity contribution in [2.24, 2.45) is 0 Å². The second-order valence-electron chi connectivity index (χ2n) is 3.98. The number of nitrogen functional groups attached to an aromatic ring is 1. The Morgan fingerprint density at radius 1 is 1.53 bits per heavy atom. The maximum atomic E-state index is 12.0. The number of benzene rings is 1. The van der Waals surface area contributed by atoms with Gasteiger partial charge < -0.3 is 15.6 Å². The first-order valence-corrected chi connectivity index (χ1v) is 7.86. The van der Waals surface area contributed by atoms with E-state index >= 15 is 0 Å². The Morgan fingerprint density at radius 2 is 2.21 bits per heavy atom. The number of ether oxygens (including phenoxy) is 1. The minimum Gasteiger partial charge on any atom is -0.398 e. The molecule has 0 aromatic heterocycles. The van der Waals surface area contributed by atoms with Gasteiger partial charge in [0.25, 0.3) is 0 Å². The van der Waals surface area contributed by atoms with Crippen LogP contribution in [0.25, 0.3) is 0 Å². The number of aliphatic hydroxyl groups is 1. The smallest absolute Gasteiger partial charge is 0.242 e. The molecule has 0 aliphatic rings. The highest BCUT2D eigenvalue weighted by Gasteiger charge is 2.17. The summed E-state index contributed by atoms with van der Waals surface area (Å²) in [6, 6.07) is 4.55. The van der Waals surface area contributed by atoms with Gasteiger partial charge in [-0.2, -0.15) is 0 Å². The number of sulfonamides is 1. The highest BCUT2D eigenvalue weighted by Crippen LogP contribution is 2.22. The molecule has 6 nitrogen and oxygen atoms in total. The van der Waals surface area contributed by atoms with E-state index in [1.807, 2.05) is 0 Å². The molecular formula is C11H17BrN2O4S. The Bertz CT molecular complexity index is 521. The van der Waals surface area contributed by atoms with E-state index in [0.717, 1.165) is 0 Å². The average Bonchev–Trinajstić information content (AvgIpc) is 2.28. The second kappa shape index (κ2) is 7.20. The third kappa shape index (κ3) is 5.07. The van der Waals surface area contributed by atoms with Crippen molar-refractivity contribution in [1.29, 1.82) is 0 Å². The number of nitrogens with two attached hydrogens (primary N) is 1. The van der Waals surface area contributed by atoms with E-state index in [0.29, 0.717) is 4.47 Å². The van der Waals surface area contributed by atoms with Crippen LogP contribution >= 0.6 is 15.9 Å². The molecule has 0 spiro atoms. The number of methoxy groups -OCH3 is 1. The van der Waals surface area contributed by atoms with Gasteiger partial charge in [-0.25, -0.2) is 13.1 Å². The standard InChI is InChI=1S/C11H17BrN2O4S/c1-18-7-9(15)4-5-14-19(16,17)11-3-2-8(12)6-10(11)13/h2-3,6,9,14-15H,4-5,7,13H2,1H3. The van der Waals surface area contributed by atoms with E-state index in [1.54, 1.807) is 6.07 Å². The molecule has 1 aromatic carbocycles. The fourth-order valence-electron chi connectivity index (χ4n) is 1.48. The Morgan fingerprint density at radius 3 is 2.79 bits per heavy atom. The van der Waals surface area contributed by atoms with Crippen LogP contribution in [0.5, 0.6) is 0 Å². The maximum Gasteiger partial charge on any atom is 0.242 e. The van der Waals surface area contributed by atoms with Crippen LogP contribution in [0.4, 0.5) is 5.69 Å². The van der Waals surface area contributed by atoms with E-state index in [1.165, 1.54) is 19.2 Å². The number of hydrogen-bond acceptors (Lipinski definition) is 5. The van der Waals surface area contributed by atoms with E-state index in [-0.39, 0.29) is 30.2 Å². The third-order valence-electron chi connectivity index (χ3n) is 2.39. The lowest BCUT2D eigenvalue weighted by Crippen LogP contribution is -2.29. The molecule has 0 aliphatic heterocycles. The second-order valence-corrected chi connectivity index (χ2v) is 6.63. The Kier molecular flexibility index (Phi) is 6.21. The number of aliphatic hydroxyl groups excluding tert-OH is 1. The van der Waals surface area contributed by atoms with Crippen molar-refractivity contribution in [3.8, 4) is 0 Å². The highest BCUT2D eigenvalue weighted by molar-refractivity contribution is 9.10. The summed E-state index contributed by atoms with van der Waals surface area (Å²) in [5.74, 6) is 0. The molecule has 0 aliphatic carbocycles. The number of halogens is 1. The van der Waals surface area contributed by atoms with E-state index < -0.39 is 16.1 Å². The van der Waals surface area contributed by atoms with Crippen molar-refractivity contribution in [3.05, 3.63) is 22.7 Å². The molecule has 0 radical (unpaired) electrons. The van der Waals surface area contributed by atoms with Crippen LogP contribution in [-0.4, -0.2) is 39.9 Å². The van der Waals surface area contributed by atoms with Gasteiger partial charge in [-0.15, -0.1) is 0 Å². The molecule has 8 heteroatoms.